The molecule has 1 aliphatic heterocycles. The summed E-state index contributed by atoms with van der Waals surface area (Å²) >= 11 is 0. The van der Waals surface area contributed by atoms with Crippen LogP contribution in [0.25, 0.3) is 0 Å². The van der Waals surface area contributed by atoms with Crippen LogP contribution in [-0.2, 0) is 19.1 Å². The molecule has 0 aliphatic carbocycles. The molecule has 1 aliphatic rings. The number of rotatable bonds is 9. The zero-order valence-electron chi connectivity index (χ0n) is 13.1. The van der Waals surface area contributed by atoms with E-state index in [-0.39, 0.29) is 0 Å². The molecule has 13 nitrogen and oxygen atoms in total. The fourth-order valence-electron chi connectivity index (χ4n) is 1.93. The van der Waals surface area contributed by atoms with Gasteiger partial charge in [0.2, 0.25) is 5.76 Å². The lowest BCUT2D eigenvalue weighted by Gasteiger charge is -2.27. The predicted octanol–water partition coefficient (Wildman–Crippen LogP) is -5.06. The second-order valence-corrected chi connectivity index (χ2v) is 5.42. The summed E-state index contributed by atoms with van der Waals surface area (Å²) < 4.78 is 8.83. The first-order valence-corrected chi connectivity index (χ1v) is 7.21. The largest absolute Gasteiger partial charge is 0.505 e. The molecule has 0 spiro atoms. The minimum Gasteiger partial charge on any atom is -0.505 e. The fourth-order valence-corrected chi connectivity index (χ4v) is 1.93. The Morgan fingerprint density at radius 2 is 1.62 bits per heavy atom. The summed E-state index contributed by atoms with van der Waals surface area (Å²) in [4.78, 5) is 22.6. The summed E-state index contributed by atoms with van der Waals surface area (Å²) in [6, 6.07) is 0. The van der Waals surface area contributed by atoms with Gasteiger partial charge in [0.1, 0.15) is 37.1 Å². The van der Waals surface area contributed by atoms with Gasteiger partial charge in [-0.05, 0) is 0 Å². The van der Waals surface area contributed by atoms with Gasteiger partial charge in [0.15, 0.2) is 18.0 Å². The van der Waals surface area contributed by atoms with Crippen molar-refractivity contribution in [1.82, 2.24) is 0 Å². The van der Waals surface area contributed by atoms with Crippen molar-refractivity contribution >= 4 is 11.9 Å². The molecule has 0 saturated carbocycles. The molecule has 1 heterocycles. The van der Waals surface area contributed by atoms with Gasteiger partial charge < -0.3 is 55.4 Å². The summed E-state index contributed by atoms with van der Waals surface area (Å²) in [5.41, 5.74) is 0. The normalized spacial score (nSPS) is 24.4. The number of hydrogen-bond donors (Lipinski definition) is 9. The first kappa shape index (κ1) is 22.0. The molecule has 7 atom stereocenters. The first-order valence-electron chi connectivity index (χ1n) is 7.21. The lowest BCUT2D eigenvalue weighted by atomic mass is 9.99. The van der Waals surface area contributed by atoms with Gasteiger partial charge in [-0.25, -0.2) is 9.59 Å². The van der Waals surface area contributed by atoms with Crippen molar-refractivity contribution in [3.63, 3.8) is 0 Å². The van der Waals surface area contributed by atoms with Crippen LogP contribution < -0.4 is 0 Å². The molecule has 150 valence electrons. The van der Waals surface area contributed by atoms with Gasteiger partial charge in [0, 0.05) is 0 Å². The van der Waals surface area contributed by atoms with Crippen LogP contribution in [0.1, 0.15) is 0 Å². The molecule has 0 aromatic heterocycles. The molecule has 0 fully saturated rings. The molecule has 0 amide bonds. The SMILES string of the molecule is O=C1O[C@H]([C@@H](O)COC(=O)[C@H](O)[C@@H](O)[C@H](O)[C@H](O)[C@H](O)CO)C(O)=C1O. The number of cyclic esters (lactones) is 1. The smallest absolute Gasteiger partial charge is 0.377 e. The maximum absolute atomic E-state index is 11.6. The number of aliphatic hydroxyl groups excluding tert-OH is 9. The van der Waals surface area contributed by atoms with Gasteiger partial charge in [-0.3, -0.25) is 0 Å². The van der Waals surface area contributed by atoms with E-state index < -0.39 is 79.4 Å². The highest BCUT2D eigenvalue weighted by Gasteiger charge is 2.41. The Morgan fingerprint density at radius 1 is 1.04 bits per heavy atom. The number of esters is 2. The molecular weight excluding hydrogens is 364 g/mol. The quantitative estimate of drug-likeness (QED) is 0.169. The van der Waals surface area contributed by atoms with E-state index in [0.29, 0.717) is 0 Å². The van der Waals surface area contributed by atoms with E-state index in [1.165, 1.54) is 0 Å². The molecule has 9 N–H and O–H groups in total. The standard InChI is InChI=1S/C13H20O13/c14-1-3(15)5(17)6(18)7(19)9(21)12(23)25-2-4(16)11-8(20)10(22)13(24)26-11/h3-7,9,11,14-22H,1-2H2/t3-,4+,5-,6-,7+,9-,11-/m1/s1. The number of aliphatic hydroxyl groups is 9. The fraction of sp³-hybridized carbons (Fsp3) is 0.692. The topological polar surface area (TPSA) is 235 Å². The van der Waals surface area contributed by atoms with Crippen molar-refractivity contribution in [2.75, 3.05) is 13.2 Å². The number of hydrogen-bond acceptors (Lipinski definition) is 13. The molecule has 0 aromatic rings. The van der Waals surface area contributed by atoms with Gasteiger partial charge in [-0.1, -0.05) is 0 Å². The summed E-state index contributed by atoms with van der Waals surface area (Å²) in [6.07, 6.45) is -14.5. The summed E-state index contributed by atoms with van der Waals surface area (Å²) in [5, 5.41) is 84.0. The molecule has 0 radical (unpaired) electrons. The Bertz CT molecular complexity index is 546. The molecule has 1 rings (SSSR count). The zero-order valence-corrected chi connectivity index (χ0v) is 13.1. The number of carbonyl (C=O) groups excluding carboxylic acids is 2. The third kappa shape index (κ3) is 4.79. The second kappa shape index (κ2) is 9.09. The summed E-state index contributed by atoms with van der Waals surface area (Å²) in [5.74, 6) is -5.00. The van der Waals surface area contributed by atoms with E-state index >= 15 is 0 Å². The molecule has 26 heavy (non-hydrogen) atoms. The van der Waals surface area contributed by atoms with Crippen LogP contribution in [0.4, 0.5) is 0 Å². The Hall–Kier alpha value is -2.00. The maximum atomic E-state index is 11.6. The van der Waals surface area contributed by atoms with Crippen molar-refractivity contribution in [3.05, 3.63) is 11.5 Å². The van der Waals surface area contributed by atoms with Gasteiger partial charge >= 0.3 is 11.9 Å². The monoisotopic (exact) mass is 384 g/mol. The van der Waals surface area contributed by atoms with Crippen molar-refractivity contribution in [2.45, 2.75) is 42.7 Å². The van der Waals surface area contributed by atoms with Crippen LogP contribution in [0.5, 0.6) is 0 Å². The molecule has 0 saturated heterocycles. The van der Waals surface area contributed by atoms with Crippen molar-refractivity contribution in [3.8, 4) is 0 Å². The number of carbonyl (C=O) groups is 2. The first-order chi connectivity index (χ1) is 12.0. The Morgan fingerprint density at radius 3 is 2.08 bits per heavy atom. The Balaban J connectivity index is 2.58. The number of ether oxygens (including phenoxy) is 2. The van der Waals surface area contributed by atoms with Crippen molar-refractivity contribution in [2.24, 2.45) is 0 Å². The van der Waals surface area contributed by atoms with Gasteiger partial charge in [-0.15, -0.1) is 0 Å². The van der Waals surface area contributed by atoms with E-state index in [0.717, 1.165) is 0 Å². The zero-order chi connectivity index (χ0) is 20.2. The average Bonchev–Trinajstić information content (AvgIpc) is 2.89. The third-order valence-electron chi connectivity index (χ3n) is 3.53. The molecule has 13 heteroatoms. The summed E-state index contributed by atoms with van der Waals surface area (Å²) in [6.45, 7) is -1.92. The van der Waals surface area contributed by atoms with Gasteiger partial charge in [0.25, 0.3) is 0 Å². The highest BCUT2D eigenvalue weighted by atomic mass is 16.6. The lowest BCUT2D eigenvalue weighted by molar-refractivity contribution is -0.178. The molecule has 0 aromatic carbocycles. The van der Waals surface area contributed by atoms with Crippen LogP contribution in [0.3, 0.4) is 0 Å². The van der Waals surface area contributed by atoms with Gasteiger partial charge in [-0.2, -0.15) is 0 Å². The van der Waals surface area contributed by atoms with E-state index in [9.17, 15) is 40.2 Å². The highest BCUT2D eigenvalue weighted by Crippen LogP contribution is 2.21. The van der Waals surface area contributed by atoms with Crippen molar-refractivity contribution < 1.29 is 65.0 Å². The maximum Gasteiger partial charge on any atom is 0.377 e. The summed E-state index contributed by atoms with van der Waals surface area (Å²) in [7, 11) is 0. The van der Waals surface area contributed by atoms with Crippen LogP contribution >= 0.6 is 0 Å². The Labute approximate surface area is 145 Å². The molecule has 0 unspecified atom stereocenters. The average molecular weight is 384 g/mol. The van der Waals surface area contributed by atoms with E-state index in [1.807, 2.05) is 0 Å². The van der Waals surface area contributed by atoms with Gasteiger partial charge in [0.05, 0.1) is 6.61 Å². The predicted molar refractivity (Wildman–Crippen MR) is 76.2 cm³/mol. The van der Waals surface area contributed by atoms with E-state index in [2.05, 4.69) is 9.47 Å². The van der Waals surface area contributed by atoms with E-state index in [1.54, 1.807) is 0 Å². The lowest BCUT2D eigenvalue weighted by Crippen LogP contribution is -2.52. The van der Waals surface area contributed by atoms with Crippen molar-refractivity contribution in [1.29, 1.82) is 0 Å². The second-order valence-electron chi connectivity index (χ2n) is 5.42. The minimum absolute atomic E-state index is 0.949. The van der Waals surface area contributed by atoms with E-state index in [4.69, 9.17) is 15.3 Å². The Kier molecular flexibility index (Phi) is 7.70. The van der Waals surface area contributed by atoms with Crippen LogP contribution in [-0.4, -0.2) is 114 Å². The minimum atomic E-state index is -2.42. The van der Waals surface area contributed by atoms with Crippen LogP contribution in [0.15, 0.2) is 11.5 Å². The third-order valence-corrected chi connectivity index (χ3v) is 3.53. The van der Waals surface area contributed by atoms with Crippen LogP contribution in [0, 0.1) is 0 Å². The molecular formula is C13H20O13. The van der Waals surface area contributed by atoms with Crippen LogP contribution in [0.2, 0.25) is 0 Å². The highest BCUT2D eigenvalue weighted by molar-refractivity contribution is 5.89. The molecule has 0 bridgehead atoms.